The van der Waals surface area contributed by atoms with Crippen molar-refractivity contribution in [1.29, 1.82) is 0 Å². The lowest BCUT2D eigenvalue weighted by Gasteiger charge is -2.04. The van der Waals surface area contributed by atoms with Gasteiger partial charge < -0.3 is 5.11 Å². The average Bonchev–Trinajstić information content (AvgIpc) is 2.23. The van der Waals surface area contributed by atoms with Crippen LogP contribution in [0.25, 0.3) is 11.1 Å². The summed E-state index contributed by atoms with van der Waals surface area (Å²) in [6.07, 6.45) is 0. The lowest BCUT2D eigenvalue weighted by molar-refractivity contribution is 0.475. The molecule has 0 radical (unpaired) electrons. The normalized spacial score (nSPS) is 10.3. The number of aryl methyl sites for hydroxylation is 1. The highest BCUT2D eigenvalue weighted by Crippen LogP contribution is 2.25. The number of hydrogen-bond acceptors (Lipinski definition) is 1. The topological polar surface area (TPSA) is 20.2 Å². The van der Waals surface area contributed by atoms with Gasteiger partial charge in [0.25, 0.3) is 0 Å². The van der Waals surface area contributed by atoms with Crippen molar-refractivity contribution in [2.45, 2.75) is 6.92 Å². The van der Waals surface area contributed by atoms with E-state index < -0.39 is 0 Å². The van der Waals surface area contributed by atoms with E-state index in [1.54, 1.807) is 36.4 Å². The maximum atomic E-state index is 13.5. The molecule has 0 saturated carbocycles. The summed E-state index contributed by atoms with van der Waals surface area (Å²) >= 11 is 0. The van der Waals surface area contributed by atoms with Crippen molar-refractivity contribution in [3.8, 4) is 16.9 Å². The smallest absolute Gasteiger partial charge is 0.131 e. The van der Waals surface area contributed by atoms with Gasteiger partial charge in [-0.25, -0.2) is 4.39 Å². The lowest BCUT2D eigenvalue weighted by Crippen LogP contribution is -1.85. The maximum absolute atomic E-state index is 13.5. The molecule has 2 aromatic rings. The van der Waals surface area contributed by atoms with Gasteiger partial charge in [-0.15, -0.1) is 0 Å². The Balaban J connectivity index is 2.53. The van der Waals surface area contributed by atoms with E-state index in [0.717, 1.165) is 11.1 Å². The standard InChI is InChI=1S/C13H11FO/c1-9-2-7-13(14)12(8-9)10-3-5-11(15)6-4-10/h2-8,15H,1H3. The molecule has 0 saturated heterocycles. The van der Waals surface area contributed by atoms with Crippen molar-refractivity contribution in [2.24, 2.45) is 0 Å². The van der Waals surface area contributed by atoms with Gasteiger partial charge in [-0.3, -0.25) is 0 Å². The molecule has 76 valence electrons. The van der Waals surface area contributed by atoms with Crippen LogP contribution in [0.15, 0.2) is 42.5 Å². The molecule has 0 aromatic heterocycles. The summed E-state index contributed by atoms with van der Waals surface area (Å²) < 4.78 is 13.5. The van der Waals surface area contributed by atoms with Gasteiger partial charge in [-0.2, -0.15) is 0 Å². The first kappa shape index (κ1) is 9.71. The fourth-order valence-corrected chi connectivity index (χ4v) is 1.50. The Morgan fingerprint density at radius 1 is 1.00 bits per heavy atom. The minimum Gasteiger partial charge on any atom is -0.508 e. The fourth-order valence-electron chi connectivity index (χ4n) is 1.50. The molecule has 0 bridgehead atoms. The minimum atomic E-state index is -0.244. The van der Waals surface area contributed by atoms with E-state index in [9.17, 15) is 4.39 Å². The lowest BCUT2D eigenvalue weighted by atomic mass is 10.0. The first-order valence-corrected chi connectivity index (χ1v) is 4.72. The zero-order valence-electron chi connectivity index (χ0n) is 8.37. The van der Waals surface area contributed by atoms with E-state index in [2.05, 4.69) is 0 Å². The number of hydrogen-bond donors (Lipinski definition) is 1. The van der Waals surface area contributed by atoms with Crippen LogP contribution in [-0.4, -0.2) is 5.11 Å². The van der Waals surface area contributed by atoms with Gasteiger partial charge in [0, 0.05) is 5.56 Å². The molecule has 2 aromatic carbocycles. The summed E-state index contributed by atoms with van der Waals surface area (Å²) in [5, 5.41) is 9.13. The van der Waals surface area contributed by atoms with Gasteiger partial charge in [0.2, 0.25) is 0 Å². The molecule has 0 aliphatic rings. The zero-order chi connectivity index (χ0) is 10.8. The molecule has 2 heteroatoms. The summed E-state index contributed by atoms with van der Waals surface area (Å²) in [6.45, 7) is 1.92. The number of aromatic hydroxyl groups is 1. The van der Waals surface area contributed by atoms with Crippen molar-refractivity contribution in [2.75, 3.05) is 0 Å². The Morgan fingerprint density at radius 2 is 1.67 bits per heavy atom. The van der Waals surface area contributed by atoms with Crippen LogP contribution in [0.5, 0.6) is 5.75 Å². The van der Waals surface area contributed by atoms with Crippen LogP contribution < -0.4 is 0 Å². The molecule has 0 amide bonds. The number of halogens is 1. The molecule has 1 N–H and O–H groups in total. The maximum Gasteiger partial charge on any atom is 0.131 e. The SMILES string of the molecule is Cc1ccc(F)c(-c2ccc(O)cc2)c1. The van der Waals surface area contributed by atoms with Crippen LogP contribution in [0.4, 0.5) is 4.39 Å². The molecule has 0 aliphatic heterocycles. The van der Waals surface area contributed by atoms with Gasteiger partial charge in [0.1, 0.15) is 11.6 Å². The quantitative estimate of drug-likeness (QED) is 0.750. The van der Waals surface area contributed by atoms with Crippen molar-refractivity contribution >= 4 is 0 Å². The van der Waals surface area contributed by atoms with Crippen molar-refractivity contribution in [1.82, 2.24) is 0 Å². The molecule has 0 fully saturated rings. The minimum absolute atomic E-state index is 0.187. The van der Waals surface area contributed by atoms with E-state index >= 15 is 0 Å². The number of benzene rings is 2. The fraction of sp³-hybridized carbons (Fsp3) is 0.0769. The first-order chi connectivity index (χ1) is 7.16. The van der Waals surface area contributed by atoms with Crippen molar-refractivity contribution in [3.63, 3.8) is 0 Å². The second-order valence-electron chi connectivity index (χ2n) is 3.53. The Hall–Kier alpha value is -1.83. The highest BCUT2D eigenvalue weighted by molar-refractivity contribution is 5.65. The van der Waals surface area contributed by atoms with E-state index in [1.165, 1.54) is 6.07 Å². The van der Waals surface area contributed by atoms with Gasteiger partial charge >= 0.3 is 0 Å². The van der Waals surface area contributed by atoms with E-state index in [-0.39, 0.29) is 11.6 Å². The Labute approximate surface area is 87.8 Å². The molecule has 0 unspecified atom stereocenters. The summed E-state index contributed by atoms with van der Waals surface area (Å²) in [5.41, 5.74) is 2.35. The average molecular weight is 202 g/mol. The number of rotatable bonds is 1. The first-order valence-electron chi connectivity index (χ1n) is 4.72. The zero-order valence-corrected chi connectivity index (χ0v) is 8.37. The third-order valence-electron chi connectivity index (χ3n) is 2.30. The van der Waals surface area contributed by atoms with Crippen LogP contribution in [0.2, 0.25) is 0 Å². The second kappa shape index (κ2) is 3.73. The molecule has 0 heterocycles. The molecule has 0 aliphatic carbocycles. The number of phenolic OH excluding ortho intramolecular Hbond substituents is 1. The van der Waals surface area contributed by atoms with Crippen LogP contribution >= 0.6 is 0 Å². The molecule has 0 atom stereocenters. The predicted molar refractivity (Wildman–Crippen MR) is 58.2 cm³/mol. The third kappa shape index (κ3) is 1.99. The van der Waals surface area contributed by atoms with Gasteiger partial charge in [-0.05, 0) is 36.8 Å². The van der Waals surface area contributed by atoms with Gasteiger partial charge in [0.15, 0.2) is 0 Å². The molecule has 1 nitrogen and oxygen atoms in total. The highest BCUT2D eigenvalue weighted by Gasteiger charge is 2.04. The van der Waals surface area contributed by atoms with E-state index in [1.807, 2.05) is 6.92 Å². The van der Waals surface area contributed by atoms with Crippen LogP contribution in [0.3, 0.4) is 0 Å². The monoisotopic (exact) mass is 202 g/mol. The predicted octanol–water partition coefficient (Wildman–Crippen LogP) is 3.51. The molecule has 2 rings (SSSR count). The van der Waals surface area contributed by atoms with Gasteiger partial charge in [0.05, 0.1) is 0 Å². The Morgan fingerprint density at radius 3 is 2.33 bits per heavy atom. The Kier molecular flexibility index (Phi) is 2.42. The summed E-state index contributed by atoms with van der Waals surface area (Å²) in [4.78, 5) is 0. The van der Waals surface area contributed by atoms with Crippen LogP contribution in [-0.2, 0) is 0 Å². The molecule has 0 spiro atoms. The molecular formula is C13H11FO. The van der Waals surface area contributed by atoms with E-state index in [4.69, 9.17) is 5.11 Å². The van der Waals surface area contributed by atoms with Crippen molar-refractivity contribution < 1.29 is 9.50 Å². The van der Waals surface area contributed by atoms with E-state index in [0.29, 0.717) is 5.56 Å². The summed E-state index contributed by atoms with van der Waals surface area (Å²) in [7, 11) is 0. The summed E-state index contributed by atoms with van der Waals surface area (Å²) in [5.74, 6) is -0.0573. The second-order valence-corrected chi connectivity index (χ2v) is 3.53. The van der Waals surface area contributed by atoms with Crippen LogP contribution in [0, 0.1) is 12.7 Å². The van der Waals surface area contributed by atoms with Crippen LogP contribution in [0.1, 0.15) is 5.56 Å². The Bertz CT molecular complexity index is 474. The molecular weight excluding hydrogens is 191 g/mol. The van der Waals surface area contributed by atoms with Gasteiger partial charge in [-0.1, -0.05) is 23.8 Å². The van der Waals surface area contributed by atoms with Crippen molar-refractivity contribution in [3.05, 3.63) is 53.8 Å². The third-order valence-corrected chi connectivity index (χ3v) is 2.30. The number of phenols is 1. The molecule has 15 heavy (non-hydrogen) atoms. The highest BCUT2D eigenvalue weighted by atomic mass is 19.1. The largest absolute Gasteiger partial charge is 0.508 e. The summed E-state index contributed by atoms with van der Waals surface area (Å²) in [6, 6.07) is 11.5.